The lowest BCUT2D eigenvalue weighted by atomic mass is 9.97. The van der Waals surface area contributed by atoms with Gasteiger partial charge in [-0.1, -0.05) is 18.2 Å². The van der Waals surface area contributed by atoms with E-state index in [0.29, 0.717) is 17.7 Å². The van der Waals surface area contributed by atoms with E-state index in [1.165, 1.54) is 16.7 Å². The molecule has 1 aliphatic carbocycles. The Morgan fingerprint density at radius 3 is 2.56 bits per heavy atom. The number of nitrogens with zero attached hydrogens (tertiary/aromatic N) is 1. The molecule has 2 aliphatic heterocycles. The first kappa shape index (κ1) is 24.8. The smallest absolute Gasteiger partial charge is 0.352 e. The van der Waals surface area contributed by atoms with Gasteiger partial charge < -0.3 is 32.6 Å². The summed E-state index contributed by atoms with van der Waals surface area (Å²) < 4.78 is 0. The van der Waals surface area contributed by atoms with Crippen molar-refractivity contribution in [1.82, 2.24) is 10.2 Å². The minimum absolute atomic E-state index is 0. The molecular weight excluding hydrogens is 378 g/mol. The quantitative estimate of drug-likeness (QED) is 0.352. The summed E-state index contributed by atoms with van der Waals surface area (Å²) in [4.78, 5) is 37.3. The minimum Gasteiger partial charge on any atom is -0.477 e. The molecular formula is C16H25N3O7S. The summed E-state index contributed by atoms with van der Waals surface area (Å²) in [6.07, 6.45) is 7.26. The number of carbonyl (C=O) groups is 3. The Morgan fingerprint density at radius 1 is 1.33 bits per heavy atom. The fourth-order valence-electron chi connectivity index (χ4n) is 3.06. The number of carboxylic acids is 1. The zero-order chi connectivity index (χ0) is 17.4. The van der Waals surface area contributed by atoms with Crippen molar-refractivity contribution < 1.29 is 35.9 Å². The van der Waals surface area contributed by atoms with Gasteiger partial charge in [-0.25, -0.2) is 4.79 Å². The predicted molar refractivity (Wildman–Crippen MR) is 101 cm³/mol. The molecule has 2 amide bonds. The van der Waals surface area contributed by atoms with Crippen LogP contribution in [0.15, 0.2) is 35.1 Å². The van der Waals surface area contributed by atoms with E-state index in [2.05, 4.69) is 5.32 Å². The van der Waals surface area contributed by atoms with Crippen LogP contribution in [0.2, 0.25) is 0 Å². The van der Waals surface area contributed by atoms with Gasteiger partial charge in [-0.05, 0) is 30.9 Å². The van der Waals surface area contributed by atoms with Gasteiger partial charge in [-0.2, -0.15) is 0 Å². The third-order valence-electron chi connectivity index (χ3n) is 4.38. The molecule has 0 saturated carbocycles. The summed E-state index contributed by atoms with van der Waals surface area (Å²) in [6.45, 7) is 1.70. The van der Waals surface area contributed by atoms with Crippen LogP contribution in [0.4, 0.5) is 0 Å². The standard InChI is InChI=1S/C16H19N3O4S.3H2O/c1-8-7-24-15-11(14(21)19(15)12(8)16(22)23)18-13(20)10(17)9-5-3-2-4-6-9;;;/h2-3,6,10-11,15H,4-5,7,17H2,1H3,(H,18,20)(H,22,23);3*1H2/t10-,11-,15-;;;/m1.../s1. The topological polar surface area (TPSA) is 207 Å². The zero-order valence-electron chi connectivity index (χ0n) is 14.7. The third kappa shape index (κ3) is 4.39. The highest BCUT2D eigenvalue weighted by Gasteiger charge is 2.53. The van der Waals surface area contributed by atoms with E-state index < -0.39 is 29.9 Å². The molecule has 0 radical (unpaired) electrons. The first-order valence-corrected chi connectivity index (χ1v) is 8.74. The van der Waals surface area contributed by atoms with Crippen molar-refractivity contribution in [2.45, 2.75) is 37.2 Å². The Morgan fingerprint density at radius 2 is 2.00 bits per heavy atom. The van der Waals surface area contributed by atoms with Gasteiger partial charge in [0.15, 0.2) is 0 Å². The van der Waals surface area contributed by atoms with Crippen LogP contribution in [0.5, 0.6) is 0 Å². The molecule has 10 nitrogen and oxygen atoms in total. The number of amides is 2. The van der Waals surface area contributed by atoms with E-state index >= 15 is 0 Å². The SMILES string of the molecule is CC1=C(C(=O)O)N2C(=O)[C@@H](NC(=O)[C@H](N)C3=CCC=CC3)[C@H]2SC1.O.O.O. The molecule has 2 heterocycles. The number of thioether (sulfide) groups is 1. The molecule has 0 spiro atoms. The number of carbonyl (C=O) groups excluding carboxylic acids is 2. The number of hydrogen-bond acceptors (Lipinski definition) is 5. The van der Waals surface area contributed by atoms with Gasteiger partial charge in [0.2, 0.25) is 5.91 Å². The molecule has 10 N–H and O–H groups in total. The number of aliphatic carboxylic acids is 1. The average Bonchev–Trinajstić information content (AvgIpc) is 2.59. The number of β-lactam (4-membered cyclic amide) rings is 1. The van der Waals surface area contributed by atoms with Gasteiger partial charge in [0, 0.05) is 5.75 Å². The summed E-state index contributed by atoms with van der Waals surface area (Å²) in [6, 6.07) is -1.52. The van der Waals surface area contributed by atoms with Crippen LogP contribution in [0, 0.1) is 0 Å². The number of nitrogens with two attached hydrogens (primary N) is 1. The van der Waals surface area contributed by atoms with Crippen molar-refractivity contribution in [3.63, 3.8) is 0 Å². The van der Waals surface area contributed by atoms with Crippen LogP contribution < -0.4 is 11.1 Å². The summed E-state index contributed by atoms with van der Waals surface area (Å²) in [5.74, 6) is -1.41. The van der Waals surface area contributed by atoms with Crippen molar-refractivity contribution in [1.29, 1.82) is 0 Å². The van der Waals surface area contributed by atoms with E-state index in [9.17, 15) is 19.5 Å². The fraction of sp³-hybridized carbons (Fsp3) is 0.438. The van der Waals surface area contributed by atoms with Gasteiger partial charge in [0.1, 0.15) is 23.2 Å². The lowest BCUT2D eigenvalue weighted by Gasteiger charge is -2.49. The van der Waals surface area contributed by atoms with Crippen molar-refractivity contribution in [3.8, 4) is 0 Å². The van der Waals surface area contributed by atoms with Crippen LogP contribution in [-0.4, -0.2) is 67.4 Å². The zero-order valence-corrected chi connectivity index (χ0v) is 15.5. The molecule has 0 aromatic heterocycles. The second-order valence-corrected chi connectivity index (χ2v) is 7.10. The van der Waals surface area contributed by atoms with Gasteiger partial charge in [0.25, 0.3) is 5.91 Å². The number of fused-ring (bicyclic) bond motifs is 1. The molecule has 0 aromatic rings. The Labute approximate surface area is 160 Å². The van der Waals surface area contributed by atoms with Gasteiger partial charge in [0.05, 0.1) is 0 Å². The highest BCUT2D eigenvalue weighted by Crippen LogP contribution is 2.40. The van der Waals surface area contributed by atoms with Crippen LogP contribution in [-0.2, 0) is 14.4 Å². The number of allylic oxidation sites excluding steroid dienone is 3. The highest BCUT2D eigenvalue weighted by atomic mass is 32.2. The predicted octanol–water partition coefficient (Wildman–Crippen LogP) is -2.13. The maximum Gasteiger partial charge on any atom is 0.352 e. The van der Waals surface area contributed by atoms with Gasteiger partial charge in [-0.3, -0.25) is 14.5 Å². The van der Waals surface area contributed by atoms with Crippen LogP contribution in [0.25, 0.3) is 0 Å². The van der Waals surface area contributed by atoms with Crippen molar-refractivity contribution >= 4 is 29.5 Å². The van der Waals surface area contributed by atoms with E-state index in [1.807, 2.05) is 18.2 Å². The Hall–Kier alpha value is -2.18. The number of hydrogen-bond donors (Lipinski definition) is 3. The van der Waals surface area contributed by atoms with Crippen molar-refractivity contribution in [3.05, 3.63) is 35.1 Å². The van der Waals surface area contributed by atoms with Crippen molar-refractivity contribution in [2.75, 3.05) is 5.75 Å². The normalized spacial score (nSPS) is 24.1. The maximum atomic E-state index is 12.3. The first-order valence-electron chi connectivity index (χ1n) is 7.69. The number of carboxylic acid groups (broad SMARTS) is 1. The molecule has 3 rings (SSSR count). The lowest BCUT2D eigenvalue weighted by molar-refractivity contribution is -0.150. The Bertz CT molecular complexity index is 704. The monoisotopic (exact) mass is 403 g/mol. The summed E-state index contributed by atoms with van der Waals surface area (Å²) in [7, 11) is 0. The van der Waals surface area contributed by atoms with E-state index in [-0.39, 0.29) is 27.5 Å². The third-order valence-corrected chi connectivity index (χ3v) is 5.80. The minimum atomic E-state index is -1.12. The molecule has 1 fully saturated rings. The Kier molecular flexibility index (Phi) is 8.89. The molecule has 27 heavy (non-hydrogen) atoms. The Balaban J connectivity index is 0.00000225. The summed E-state index contributed by atoms with van der Waals surface area (Å²) in [5, 5.41) is 11.6. The summed E-state index contributed by atoms with van der Waals surface area (Å²) in [5.41, 5.74) is 7.49. The molecule has 0 bridgehead atoms. The van der Waals surface area contributed by atoms with Crippen molar-refractivity contribution in [2.24, 2.45) is 5.73 Å². The van der Waals surface area contributed by atoms with E-state index in [4.69, 9.17) is 5.73 Å². The first-order chi connectivity index (χ1) is 11.4. The van der Waals surface area contributed by atoms with E-state index in [0.717, 1.165) is 12.0 Å². The number of nitrogens with one attached hydrogen (secondary N) is 1. The molecule has 11 heteroatoms. The van der Waals surface area contributed by atoms with Crippen LogP contribution >= 0.6 is 11.8 Å². The molecule has 3 atom stereocenters. The molecule has 152 valence electrons. The average molecular weight is 403 g/mol. The summed E-state index contributed by atoms with van der Waals surface area (Å²) >= 11 is 1.45. The number of rotatable bonds is 4. The second kappa shape index (κ2) is 9.67. The second-order valence-electron chi connectivity index (χ2n) is 6.00. The molecule has 0 unspecified atom stereocenters. The molecule has 1 saturated heterocycles. The maximum absolute atomic E-state index is 12.3. The van der Waals surface area contributed by atoms with E-state index in [1.54, 1.807) is 6.92 Å². The van der Waals surface area contributed by atoms with Crippen LogP contribution in [0.3, 0.4) is 0 Å². The van der Waals surface area contributed by atoms with Gasteiger partial charge in [-0.15, -0.1) is 11.8 Å². The molecule has 3 aliphatic rings. The fourth-order valence-corrected chi connectivity index (χ4v) is 4.35. The molecule has 0 aromatic carbocycles. The lowest BCUT2D eigenvalue weighted by Crippen LogP contribution is -2.71. The highest BCUT2D eigenvalue weighted by molar-refractivity contribution is 8.00. The van der Waals surface area contributed by atoms with Crippen LogP contribution in [0.1, 0.15) is 19.8 Å². The van der Waals surface area contributed by atoms with Gasteiger partial charge >= 0.3 is 5.97 Å². The largest absolute Gasteiger partial charge is 0.477 e.